The van der Waals surface area contributed by atoms with E-state index < -0.39 is 0 Å². The van der Waals surface area contributed by atoms with Gasteiger partial charge in [0.2, 0.25) is 0 Å². The molecule has 2 saturated heterocycles. The van der Waals surface area contributed by atoms with Gasteiger partial charge in [0.05, 0.1) is 0 Å². The molecule has 2 atom stereocenters. The molecule has 1 aromatic carbocycles. The van der Waals surface area contributed by atoms with Gasteiger partial charge in [-0.25, -0.2) is 0 Å². The van der Waals surface area contributed by atoms with Gasteiger partial charge in [-0.2, -0.15) is 0 Å². The molecule has 1 saturated carbocycles. The van der Waals surface area contributed by atoms with E-state index in [1.807, 2.05) is 0 Å². The number of hydrogen-bond donors (Lipinski definition) is 0. The number of halogens is 1. The van der Waals surface area contributed by atoms with Gasteiger partial charge in [0.15, 0.2) is 0 Å². The van der Waals surface area contributed by atoms with Crippen molar-refractivity contribution >= 4 is 15.9 Å². The van der Waals surface area contributed by atoms with Crippen molar-refractivity contribution in [2.24, 2.45) is 5.92 Å². The van der Waals surface area contributed by atoms with Gasteiger partial charge in [-0.1, -0.05) is 47.3 Å². The second-order valence-electron chi connectivity index (χ2n) is 7.73. The minimum absolute atomic E-state index is 0.797. The number of fused-ring (bicyclic) bond motifs is 1. The Morgan fingerprint density at radius 2 is 1.83 bits per heavy atom. The highest BCUT2D eigenvalue weighted by molar-refractivity contribution is 9.10. The van der Waals surface area contributed by atoms with Gasteiger partial charge < -0.3 is 0 Å². The molecule has 0 aromatic heterocycles. The largest absolute Gasteiger partial charge is 0.298 e. The predicted octanol–water partition coefficient (Wildman–Crippen LogP) is 4.68. The Labute approximate surface area is 149 Å². The van der Waals surface area contributed by atoms with Crippen molar-refractivity contribution in [1.82, 2.24) is 9.80 Å². The molecular formula is C20H29BrN2. The van der Waals surface area contributed by atoms with E-state index >= 15 is 0 Å². The highest BCUT2D eigenvalue weighted by atomic mass is 79.9. The Morgan fingerprint density at radius 1 is 0.957 bits per heavy atom. The number of rotatable bonds is 3. The van der Waals surface area contributed by atoms with Crippen LogP contribution in [0.2, 0.25) is 0 Å². The van der Waals surface area contributed by atoms with Crippen LogP contribution >= 0.6 is 15.9 Å². The summed E-state index contributed by atoms with van der Waals surface area (Å²) in [7, 11) is 0. The maximum atomic E-state index is 3.64. The average molecular weight is 377 g/mol. The van der Waals surface area contributed by atoms with Crippen LogP contribution in [0.4, 0.5) is 0 Å². The standard InChI is InChI=1S/C20H29BrN2/c21-18-9-4-6-16(14-18)15-23-13-12-22-11-5-10-19(22)20(23)17-7-2-1-3-8-17/h4,6,9,14,17,19-20H,1-3,5,7-8,10-13,15H2/t19-,20-/m1/s1. The molecule has 3 fully saturated rings. The van der Waals surface area contributed by atoms with E-state index in [1.165, 1.54) is 74.6 Å². The Hall–Kier alpha value is -0.380. The van der Waals surface area contributed by atoms with Gasteiger partial charge in [-0.15, -0.1) is 0 Å². The second kappa shape index (κ2) is 7.25. The zero-order chi connectivity index (χ0) is 15.6. The summed E-state index contributed by atoms with van der Waals surface area (Å²) in [5, 5.41) is 0. The van der Waals surface area contributed by atoms with E-state index in [9.17, 15) is 0 Å². The molecular weight excluding hydrogens is 348 g/mol. The molecule has 0 unspecified atom stereocenters. The van der Waals surface area contributed by atoms with Crippen molar-refractivity contribution in [3.63, 3.8) is 0 Å². The van der Waals surface area contributed by atoms with E-state index in [4.69, 9.17) is 0 Å². The summed E-state index contributed by atoms with van der Waals surface area (Å²) in [6.07, 6.45) is 10.1. The summed E-state index contributed by atoms with van der Waals surface area (Å²) in [4.78, 5) is 5.64. The maximum Gasteiger partial charge on any atom is 0.0283 e. The van der Waals surface area contributed by atoms with Gasteiger partial charge >= 0.3 is 0 Å². The lowest BCUT2D eigenvalue weighted by Gasteiger charge is -2.49. The maximum absolute atomic E-state index is 3.64. The molecule has 0 amide bonds. The third-order valence-corrected chi connectivity index (χ3v) is 6.81. The summed E-state index contributed by atoms with van der Waals surface area (Å²) in [6.45, 7) is 5.01. The fourth-order valence-electron chi connectivity index (χ4n) is 5.31. The Balaban J connectivity index is 1.55. The van der Waals surface area contributed by atoms with Crippen LogP contribution in [0, 0.1) is 5.92 Å². The summed E-state index contributed by atoms with van der Waals surface area (Å²) in [5.74, 6) is 0.932. The first-order valence-electron chi connectivity index (χ1n) is 9.54. The molecule has 0 bridgehead atoms. The van der Waals surface area contributed by atoms with Crippen molar-refractivity contribution in [2.75, 3.05) is 19.6 Å². The minimum Gasteiger partial charge on any atom is -0.298 e. The van der Waals surface area contributed by atoms with Crippen LogP contribution in [0.5, 0.6) is 0 Å². The molecule has 2 heterocycles. The third kappa shape index (κ3) is 3.52. The SMILES string of the molecule is Brc1cccc(CN2CCN3CCC[C@@H]3[C@H]2C2CCCCC2)c1. The third-order valence-electron chi connectivity index (χ3n) is 6.31. The van der Waals surface area contributed by atoms with Crippen molar-refractivity contribution < 1.29 is 0 Å². The van der Waals surface area contributed by atoms with Crippen LogP contribution in [0.3, 0.4) is 0 Å². The van der Waals surface area contributed by atoms with Crippen LogP contribution < -0.4 is 0 Å². The lowest BCUT2D eigenvalue weighted by Crippen LogP contribution is -2.59. The monoisotopic (exact) mass is 376 g/mol. The smallest absolute Gasteiger partial charge is 0.0283 e. The quantitative estimate of drug-likeness (QED) is 0.755. The number of benzene rings is 1. The van der Waals surface area contributed by atoms with Crippen LogP contribution in [-0.4, -0.2) is 41.5 Å². The second-order valence-corrected chi connectivity index (χ2v) is 8.65. The molecule has 3 heteroatoms. The van der Waals surface area contributed by atoms with Crippen molar-refractivity contribution in [3.8, 4) is 0 Å². The minimum atomic E-state index is 0.797. The fourth-order valence-corrected chi connectivity index (χ4v) is 5.75. The zero-order valence-corrected chi connectivity index (χ0v) is 15.7. The molecule has 2 nitrogen and oxygen atoms in total. The van der Waals surface area contributed by atoms with Crippen LogP contribution in [0.25, 0.3) is 0 Å². The highest BCUT2D eigenvalue weighted by Gasteiger charge is 2.42. The van der Waals surface area contributed by atoms with Crippen molar-refractivity contribution in [1.29, 1.82) is 0 Å². The lowest BCUT2D eigenvalue weighted by molar-refractivity contribution is -0.00380. The van der Waals surface area contributed by atoms with Crippen LogP contribution in [0.1, 0.15) is 50.5 Å². The van der Waals surface area contributed by atoms with E-state index in [1.54, 1.807) is 0 Å². The van der Waals surface area contributed by atoms with Crippen LogP contribution in [-0.2, 0) is 6.54 Å². The summed E-state index contributed by atoms with van der Waals surface area (Å²) < 4.78 is 1.21. The van der Waals surface area contributed by atoms with Crippen molar-refractivity contribution in [2.45, 2.75) is 63.6 Å². The topological polar surface area (TPSA) is 6.48 Å². The number of piperazine rings is 1. The van der Waals surface area contributed by atoms with Gasteiger partial charge in [-0.05, 0) is 55.8 Å². The fraction of sp³-hybridized carbons (Fsp3) is 0.700. The molecule has 23 heavy (non-hydrogen) atoms. The first kappa shape index (κ1) is 16.1. The summed E-state index contributed by atoms with van der Waals surface area (Å²) >= 11 is 3.64. The van der Waals surface area contributed by atoms with E-state index in [0.717, 1.165) is 24.5 Å². The van der Waals surface area contributed by atoms with Crippen molar-refractivity contribution in [3.05, 3.63) is 34.3 Å². The van der Waals surface area contributed by atoms with Crippen LogP contribution in [0.15, 0.2) is 28.7 Å². The normalized spacial score (nSPS) is 30.5. The Morgan fingerprint density at radius 3 is 2.65 bits per heavy atom. The molecule has 1 aromatic rings. The molecule has 1 aliphatic carbocycles. The summed E-state index contributed by atoms with van der Waals surface area (Å²) in [5.41, 5.74) is 1.46. The van der Waals surface area contributed by atoms with E-state index in [-0.39, 0.29) is 0 Å². The molecule has 0 radical (unpaired) electrons. The van der Waals surface area contributed by atoms with E-state index in [0.29, 0.717) is 0 Å². The molecule has 0 N–H and O–H groups in total. The summed E-state index contributed by atoms with van der Waals surface area (Å²) in [6, 6.07) is 10.5. The van der Waals surface area contributed by atoms with Gasteiger partial charge in [-0.3, -0.25) is 9.80 Å². The predicted molar refractivity (Wildman–Crippen MR) is 99.5 cm³/mol. The first-order valence-corrected chi connectivity index (χ1v) is 10.3. The number of hydrogen-bond acceptors (Lipinski definition) is 2. The Bertz CT molecular complexity index is 526. The average Bonchev–Trinajstić information content (AvgIpc) is 3.04. The molecule has 0 spiro atoms. The highest BCUT2D eigenvalue weighted by Crippen LogP contribution is 2.38. The zero-order valence-electron chi connectivity index (χ0n) is 14.1. The molecule has 3 aliphatic rings. The van der Waals surface area contributed by atoms with Gasteiger partial charge in [0.25, 0.3) is 0 Å². The molecule has 4 rings (SSSR count). The van der Waals surface area contributed by atoms with Gasteiger partial charge in [0.1, 0.15) is 0 Å². The first-order chi connectivity index (χ1) is 11.3. The number of nitrogens with zero attached hydrogens (tertiary/aromatic N) is 2. The molecule has 2 aliphatic heterocycles. The van der Waals surface area contributed by atoms with Gasteiger partial charge in [0, 0.05) is 36.2 Å². The Kier molecular flexibility index (Phi) is 5.07. The van der Waals surface area contributed by atoms with E-state index in [2.05, 4.69) is 50.0 Å². The molecule has 126 valence electrons. The lowest BCUT2D eigenvalue weighted by atomic mass is 9.78.